The van der Waals surface area contributed by atoms with E-state index in [1.807, 2.05) is 0 Å². The van der Waals surface area contributed by atoms with Gasteiger partial charge in [-0.15, -0.1) is 11.3 Å². The average Bonchev–Trinajstić information content (AvgIpc) is 3.36. The average molecular weight is 471 g/mol. The molecular formula is C21H18N4O3S3. The molecule has 3 aromatic heterocycles. The lowest BCUT2D eigenvalue weighted by atomic mass is 10.1. The molecule has 1 aromatic carbocycles. The Kier molecular flexibility index (Phi) is 6.30. The Morgan fingerprint density at radius 2 is 1.94 bits per heavy atom. The third-order valence-electron chi connectivity index (χ3n) is 4.45. The number of ether oxygens (including phenoxy) is 1. The number of carbonyl (C=O) groups is 2. The monoisotopic (exact) mass is 470 g/mol. The highest BCUT2D eigenvalue weighted by molar-refractivity contribution is 8.00. The number of thiazole rings is 1. The molecule has 31 heavy (non-hydrogen) atoms. The fourth-order valence-corrected chi connectivity index (χ4v) is 5.62. The lowest BCUT2D eigenvalue weighted by molar-refractivity contribution is -0.113. The Labute approximate surface area is 190 Å². The van der Waals surface area contributed by atoms with E-state index in [9.17, 15) is 9.59 Å². The van der Waals surface area contributed by atoms with Crippen LogP contribution in [0.15, 0.2) is 41.0 Å². The number of hydrogen-bond acceptors (Lipinski definition) is 9. The molecule has 0 bridgehead atoms. The van der Waals surface area contributed by atoms with Crippen molar-refractivity contribution in [2.24, 2.45) is 0 Å². The summed E-state index contributed by atoms with van der Waals surface area (Å²) in [5.41, 5.74) is 3.87. The van der Waals surface area contributed by atoms with Gasteiger partial charge in [0.1, 0.15) is 21.1 Å². The van der Waals surface area contributed by atoms with Gasteiger partial charge >= 0.3 is 5.97 Å². The predicted octanol–water partition coefficient (Wildman–Crippen LogP) is 4.95. The number of aryl methyl sites for hydroxylation is 2. The maximum Gasteiger partial charge on any atom is 0.350 e. The molecule has 7 nitrogen and oxygen atoms in total. The van der Waals surface area contributed by atoms with Crippen LogP contribution in [0.3, 0.4) is 0 Å². The molecule has 4 aromatic rings. The molecule has 4 rings (SSSR count). The number of nitrogens with one attached hydrogen (secondary N) is 1. The minimum absolute atomic E-state index is 0.154. The first kappa shape index (κ1) is 21.4. The number of carbonyl (C=O) groups excluding carboxylic acids is 2. The third kappa shape index (κ3) is 4.60. The van der Waals surface area contributed by atoms with Gasteiger partial charge in [-0.3, -0.25) is 4.79 Å². The maximum absolute atomic E-state index is 12.5. The van der Waals surface area contributed by atoms with E-state index < -0.39 is 5.97 Å². The molecule has 0 fully saturated rings. The van der Waals surface area contributed by atoms with Gasteiger partial charge < -0.3 is 10.1 Å². The Balaban J connectivity index is 1.51. The smallest absolute Gasteiger partial charge is 0.350 e. The van der Waals surface area contributed by atoms with Crippen LogP contribution < -0.4 is 5.32 Å². The summed E-state index contributed by atoms with van der Waals surface area (Å²) in [5, 5.41) is 6.89. The zero-order valence-electron chi connectivity index (χ0n) is 17.0. The summed E-state index contributed by atoms with van der Waals surface area (Å²) >= 11 is 4.00. The third-order valence-corrected chi connectivity index (χ3v) is 7.38. The molecule has 3 heterocycles. The Morgan fingerprint density at radius 1 is 1.16 bits per heavy atom. The summed E-state index contributed by atoms with van der Waals surface area (Å²) in [6.07, 6.45) is 1.52. The van der Waals surface area contributed by atoms with E-state index in [0.29, 0.717) is 15.7 Å². The number of methoxy groups -OCH3 is 1. The van der Waals surface area contributed by atoms with Gasteiger partial charge in [0.05, 0.1) is 23.9 Å². The van der Waals surface area contributed by atoms with Crippen molar-refractivity contribution in [3.63, 3.8) is 0 Å². The minimum atomic E-state index is -0.464. The lowest BCUT2D eigenvalue weighted by Crippen LogP contribution is -2.14. The van der Waals surface area contributed by atoms with Crippen LogP contribution >= 0.6 is 34.4 Å². The van der Waals surface area contributed by atoms with Crippen molar-refractivity contribution in [1.82, 2.24) is 15.0 Å². The lowest BCUT2D eigenvalue weighted by Gasteiger charge is -2.06. The van der Waals surface area contributed by atoms with Crippen molar-refractivity contribution < 1.29 is 14.3 Å². The van der Waals surface area contributed by atoms with E-state index in [4.69, 9.17) is 4.74 Å². The normalized spacial score (nSPS) is 10.9. The van der Waals surface area contributed by atoms with E-state index >= 15 is 0 Å². The van der Waals surface area contributed by atoms with Crippen LogP contribution in [0.5, 0.6) is 0 Å². The summed E-state index contributed by atoms with van der Waals surface area (Å²) < 4.78 is 4.73. The van der Waals surface area contributed by atoms with E-state index in [-0.39, 0.29) is 11.7 Å². The number of anilines is 1. The second-order valence-electron chi connectivity index (χ2n) is 6.64. The summed E-state index contributed by atoms with van der Waals surface area (Å²) in [5.74, 6) is -0.537. The van der Waals surface area contributed by atoms with Crippen molar-refractivity contribution in [2.45, 2.75) is 18.9 Å². The molecule has 0 spiro atoms. The van der Waals surface area contributed by atoms with E-state index in [1.54, 1.807) is 18.3 Å². The first-order valence-electron chi connectivity index (χ1n) is 9.24. The number of fused-ring (bicyclic) bond motifs is 1. The number of thioether (sulfide) groups is 1. The van der Waals surface area contributed by atoms with Gasteiger partial charge in [0.25, 0.3) is 0 Å². The quantitative estimate of drug-likeness (QED) is 0.242. The zero-order chi connectivity index (χ0) is 22.0. The number of thiophene rings is 1. The highest BCUT2D eigenvalue weighted by Crippen LogP contribution is 2.38. The summed E-state index contributed by atoms with van der Waals surface area (Å²) in [7, 11) is 1.31. The fraction of sp³-hybridized carbons (Fsp3) is 0.190. The van der Waals surface area contributed by atoms with Crippen molar-refractivity contribution in [1.29, 1.82) is 0 Å². The molecule has 0 unspecified atom stereocenters. The number of aromatic nitrogens is 3. The van der Waals surface area contributed by atoms with Crippen molar-refractivity contribution in [3.05, 3.63) is 52.1 Å². The van der Waals surface area contributed by atoms with Gasteiger partial charge in [0, 0.05) is 10.9 Å². The molecule has 0 aliphatic carbocycles. The topological polar surface area (TPSA) is 94.1 Å². The fourth-order valence-electron chi connectivity index (χ4n) is 2.92. The van der Waals surface area contributed by atoms with Gasteiger partial charge in [0.2, 0.25) is 5.91 Å². The van der Waals surface area contributed by atoms with Crippen LogP contribution in [0.4, 0.5) is 5.13 Å². The van der Waals surface area contributed by atoms with Gasteiger partial charge in [-0.1, -0.05) is 52.9 Å². The molecule has 0 aliphatic rings. The second kappa shape index (κ2) is 9.13. The Bertz CT molecular complexity index is 1260. The van der Waals surface area contributed by atoms with Crippen LogP contribution in [-0.2, 0) is 9.53 Å². The molecule has 0 atom stereocenters. The van der Waals surface area contributed by atoms with Gasteiger partial charge in [-0.05, 0) is 19.4 Å². The molecule has 0 aliphatic heterocycles. The number of amides is 1. The number of esters is 1. The highest BCUT2D eigenvalue weighted by atomic mass is 32.2. The molecular weight excluding hydrogens is 452 g/mol. The van der Waals surface area contributed by atoms with Gasteiger partial charge in [-0.2, -0.15) is 0 Å². The van der Waals surface area contributed by atoms with Crippen molar-refractivity contribution >= 4 is 61.7 Å². The van der Waals surface area contributed by atoms with E-state index in [1.165, 1.54) is 30.8 Å². The SMILES string of the molecule is COC(=O)c1sc(NC(=O)CSc2ncnc3scc(-c4ccc(C)cc4)c23)nc1C. The van der Waals surface area contributed by atoms with Crippen LogP contribution in [0, 0.1) is 13.8 Å². The van der Waals surface area contributed by atoms with Crippen LogP contribution in [0.25, 0.3) is 21.3 Å². The molecule has 158 valence electrons. The summed E-state index contributed by atoms with van der Waals surface area (Å²) in [6, 6.07) is 8.30. The summed E-state index contributed by atoms with van der Waals surface area (Å²) in [4.78, 5) is 38.5. The Morgan fingerprint density at radius 3 is 2.68 bits per heavy atom. The number of benzene rings is 1. The minimum Gasteiger partial charge on any atom is -0.465 e. The molecule has 0 saturated heterocycles. The standard InChI is InChI=1S/C21H18N4O3S3/c1-11-4-6-13(7-5-11)14-8-29-18-16(14)19(23-10-22-18)30-9-15(26)25-21-24-12(2)17(31-21)20(27)28-3/h4-8,10H,9H2,1-3H3,(H,24,25,26). The van der Waals surface area contributed by atoms with Gasteiger partial charge in [-0.25, -0.2) is 19.7 Å². The van der Waals surface area contributed by atoms with Crippen LogP contribution in [0.2, 0.25) is 0 Å². The van der Waals surface area contributed by atoms with E-state index in [2.05, 4.69) is 56.8 Å². The second-order valence-corrected chi connectivity index (χ2v) is 9.46. The number of hydrogen-bond donors (Lipinski definition) is 1. The predicted molar refractivity (Wildman–Crippen MR) is 125 cm³/mol. The summed E-state index contributed by atoms with van der Waals surface area (Å²) in [6.45, 7) is 3.75. The number of nitrogens with zero attached hydrogens (tertiary/aromatic N) is 3. The van der Waals surface area contributed by atoms with Crippen LogP contribution in [-0.4, -0.2) is 39.7 Å². The maximum atomic E-state index is 12.5. The highest BCUT2D eigenvalue weighted by Gasteiger charge is 2.18. The zero-order valence-corrected chi connectivity index (χ0v) is 19.4. The van der Waals surface area contributed by atoms with Crippen molar-refractivity contribution in [2.75, 3.05) is 18.2 Å². The molecule has 1 N–H and O–H groups in total. The van der Waals surface area contributed by atoms with Crippen LogP contribution in [0.1, 0.15) is 20.9 Å². The molecule has 1 amide bonds. The Hall–Kier alpha value is -2.82. The van der Waals surface area contributed by atoms with Gasteiger partial charge in [0.15, 0.2) is 5.13 Å². The van der Waals surface area contributed by atoms with Crippen molar-refractivity contribution in [3.8, 4) is 11.1 Å². The first-order chi connectivity index (χ1) is 15.0. The molecule has 0 saturated carbocycles. The molecule has 10 heteroatoms. The first-order valence-corrected chi connectivity index (χ1v) is 11.9. The van der Waals surface area contributed by atoms with E-state index in [0.717, 1.165) is 37.7 Å². The number of rotatable bonds is 6. The largest absolute Gasteiger partial charge is 0.465 e. The molecule has 0 radical (unpaired) electrons.